The first kappa shape index (κ1) is 15.3. The average molecular weight is 232 g/mol. The topological polar surface area (TPSA) is 70.6 Å². The van der Waals surface area contributed by atoms with Crippen molar-refractivity contribution in [2.75, 3.05) is 26.9 Å². The van der Waals surface area contributed by atoms with E-state index in [0.29, 0.717) is 19.6 Å². The lowest BCUT2D eigenvalue weighted by atomic mass is 10.1. The largest absolute Gasteiger partial charge is 0.394 e. The van der Waals surface area contributed by atoms with Gasteiger partial charge in [-0.05, 0) is 20.8 Å². The van der Waals surface area contributed by atoms with Crippen molar-refractivity contribution in [2.45, 2.75) is 38.8 Å². The van der Waals surface area contributed by atoms with E-state index in [-0.39, 0.29) is 24.1 Å². The van der Waals surface area contributed by atoms with Crippen LogP contribution in [0.5, 0.6) is 0 Å². The number of carbonyl (C=O) groups excluding carboxylic acids is 1. The Morgan fingerprint density at radius 3 is 2.50 bits per heavy atom. The van der Waals surface area contributed by atoms with Crippen molar-refractivity contribution in [3.63, 3.8) is 0 Å². The second-order valence-electron chi connectivity index (χ2n) is 4.83. The Balaban J connectivity index is 3.72. The molecule has 0 rings (SSSR count). The van der Waals surface area contributed by atoms with Crippen LogP contribution >= 0.6 is 0 Å². The Bertz CT molecular complexity index is 202. The standard InChI is InChI=1S/C11H24N2O3/c1-11(2,3)12-6-5-10(15)13-9(7-14)8-16-4/h9,12,14H,5-8H2,1-4H3,(H,13,15). The van der Waals surface area contributed by atoms with Gasteiger partial charge in [-0.2, -0.15) is 0 Å². The van der Waals surface area contributed by atoms with Crippen molar-refractivity contribution < 1.29 is 14.6 Å². The van der Waals surface area contributed by atoms with Crippen molar-refractivity contribution in [3.05, 3.63) is 0 Å². The van der Waals surface area contributed by atoms with Crippen molar-refractivity contribution in [1.29, 1.82) is 0 Å². The van der Waals surface area contributed by atoms with E-state index in [1.807, 2.05) is 20.8 Å². The maximum atomic E-state index is 11.5. The molecule has 0 radical (unpaired) electrons. The average Bonchev–Trinajstić information content (AvgIpc) is 2.15. The zero-order valence-electron chi connectivity index (χ0n) is 10.7. The monoisotopic (exact) mass is 232 g/mol. The van der Waals surface area contributed by atoms with Gasteiger partial charge in [-0.1, -0.05) is 0 Å². The van der Waals surface area contributed by atoms with Gasteiger partial charge in [0.25, 0.3) is 0 Å². The van der Waals surface area contributed by atoms with Gasteiger partial charge in [-0.3, -0.25) is 4.79 Å². The maximum Gasteiger partial charge on any atom is 0.221 e. The first-order valence-electron chi connectivity index (χ1n) is 5.53. The fraction of sp³-hybridized carbons (Fsp3) is 0.909. The van der Waals surface area contributed by atoms with Crippen LogP contribution in [0.2, 0.25) is 0 Å². The molecule has 1 unspecified atom stereocenters. The lowest BCUT2D eigenvalue weighted by molar-refractivity contribution is -0.122. The Hall–Kier alpha value is -0.650. The smallest absolute Gasteiger partial charge is 0.221 e. The molecule has 0 aromatic carbocycles. The lowest BCUT2D eigenvalue weighted by Gasteiger charge is -2.21. The first-order valence-corrected chi connectivity index (χ1v) is 5.53. The molecular formula is C11H24N2O3. The molecule has 0 heterocycles. The molecule has 3 N–H and O–H groups in total. The summed E-state index contributed by atoms with van der Waals surface area (Å²) in [6.07, 6.45) is 0.400. The van der Waals surface area contributed by atoms with Gasteiger partial charge in [-0.25, -0.2) is 0 Å². The van der Waals surface area contributed by atoms with Crippen molar-refractivity contribution >= 4 is 5.91 Å². The van der Waals surface area contributed by atoms with Crippen LogP contribution in [0.3, 0.4) is 0 Å². The van der Waals surface area contributed by atoms with Gasteiger partial charge in [0, 0.05) is 25.6 Å². The van der Waals surface area contributed by atoms with Crippen molar-refractivity contribution in [2.24, 2.45) is 0 Å². The second kappa shape index (κ2) is 7.60. The second-order valence-corrected chi connectivity index (χ2v) is 4.83. The minimum atomic E-state index is -0.313. The van der Waals surface area contributed by atoms with Crippen LogP contribution in [-0.4, -0.2) is 49.5 Å². The molecule has 0 fully saturated rings. The number of ether oxygens (including phenoxy) is 1. The van der Waals surface area contributed by atoms with Crippen molar-refractivity contribution in [1.82, 2.24) is 10.6 Å². The Morgan fingerprint density at radius 1 is 1.44 bits per heavy atom. The number of hydrogen-bond donors (Lipinski definition) is 3. The van der Waals surface area contributed by atoms with Gasteiger partial charge in [0.2, 0.25) is 5.91 Å². The predicted octanol–water partition coefficient (Wildman–Crippen LogP) is -0.112. The molecule has 5 heteroatoms. The minimum absolute atomic E-state index is 0.0171. The summed E-state index contributed by atoms with van der Waals surface area (Å²) in [5.41, 5.74) is 0.0171. The third-order valence-electron chi connectivity index (χ3n) is 1.96. The molecule has 0 saturated heterocycles. The van der Waals surface area contributed by atoms with Gasteiger partial charge < -0.3 is 20.5 Å². The number of hydrogen-bond acceptors (Lipinski definition) is 4. The molecule has 0 aliphatic rings. The fourth-order valence-electron chi connectivity index (χ4n) is 1.19. The van der Waals surface area contributed by atoms with Gasteiger partial charge in [-0.15, -0.1) is 0 Å². The number of nitrogens with one attached hydrogen (secondary N) is 2. The molecule has 0 saturated carbocycles. The first-order chi connectivity index (χ1) is 7.39. The molecule has 0 spiro atoms. The molecule has 1 amide bonds. The summed E-state index contributed by atoms with van der Waals surface area (Å²) in [5, 5.41) is 14.9. The molecule has 1 atom stereocenters. The van der Waals surface area contributed by atoms with Crippen LogP contribution in [0.1, 0.15) is 27.2 Å². The summed E-state index contributed by atoms with van der Waals surface area (Å²) >= 11 is 0. The Labute approximate surface area is 97.6 Å². The summed E-state index contributed by atoms with van der Waals surface area (Å²) in [5.74, 6) is -0.0761. The van der Waals surface area contributed by atoms with E-state index in [1.165, 1.54) is 7.11 Å². The minimum Gasteiger partial charge on any atom is -0.394 e. The molecule has 5 nitrogen and oxygen atoms in total. The van der Waals surface area contributed by atoms with E-state index >= 15 is 0 Å². The summed E-state index contributed by atoms with van der Waals surface area (Å²) in [6, 6.07) is -0.313. The highest BCUT2D eigenvalue weighted by atomic mass is 16.5. The highest BCUT2D eigenvalue weighted by Gasteiger charge is 2.12. The fourth-order valence-corrected chi connectivity index (χ4v) is 1.19. The Kier molecular flexibility index (Phi) is 7.29. The maximum absolute atomic E-state index is 11.5. The van der Waals surface area contributed by atoms with Gasteiger partial charge in [0.1, 0.15) is 0 Å². The summed E-state index contributed by atoms with van der Waals surface area (Å²) < 4.78 is 4.86. The molecule has 0 aliphatic carbocycles. The van der Waals surface area contributed by atoms with Crippen LogP contribution in [0.25, 0.3) is 0 Å². The highest BCUT2D eigenvalue weighted by Crippen LogP contribution is 1.98. The highest BCUT2D eigenvalue weighted by molar-refractivity contribution is 5.76. The number of aliphatic hydroxyl groups is 1. The molecule has 0 aromatic rings. The number of methoxy groups -OCH3 is 1. The van der Waals surface area contributed by atoms with E-state index in [9.17, 15) is 4.79 Å². The van der Waals surface area contributed by atoms with Crippen LogP contribution < -0.4 is 10.6 Å². The molecule has 0 bridgehead atoms. The van der Waals surface area contributed by atoms with E-state index in [0.717, 1.165) is 0 Å². The SMILES string of the molecule is COCC(CO)NC(=O)CCNC(C)(C)C. The summed E-state index contributed by atoms with van der Waals surface area (Å²) in [4.78, 5) is 11.5. The van der Waals surface area contributed by atoms with Crippen LogP contribution in [0, 0.1) is 0 Å². The van der Waals surface area contributed by atoms with E-state index in [2.05, 4.69) is 10.6 Å². The third kappa shape index (κ3) is 8.64. The van der Waals surface area contributed by atoms with Crippen LogP contribution in [0.15, 0.2) is 0 Å². The summed E-state index contributed by atoms with van der Waals surface area (Å²) in [7, 11) is 1.54. The number of carbonyl (C=O) groups is 1. The van der Waals surface area contributed by atoms with Gasteiger partial charge >= 0.3 is 0 Å². The zero-order chi connectivity index (χ0) is 12.6. The third-order valence-corrected chi connectivity index (χ3v) is 1.96. The van der Waals surface area contributed by atoms with Gasteiger partial charge in [0.05, 0.1) is 19.3 Å². The van der Waals surface area contributed by atoms with E-state index < -0.39 is 0 Å². The van der Waals surface area contributed by atoms with E-state index in [1.54, 1.807) is 0 Å². The normalized spacial score (nSPS) is 13.6. The predicted molar refractivity (Wildman–Crippen MR) is 63.3 cm³/mol. The molecular weight excluding hydrogens is 208 g/mol. The number of aliphatic hydroxyl groups excluding tert-OH is 1. The lowest BCUT2D eigenvalue weighted by Crippen LogP contribution is -2.43. The van der Waals surface area contributed by atoms with Crippen LogP contribution in [0.4, 0.5) is 0 Å². The molecule has 0 aromatic heterocycles. The molecule has 96 valence electrons. The Morgan fingerprint density at radius 2 is 2.06 bits per heavy atom. The summed E-state index contributed by atoms with van der Waals surface area (Å²) in [6.45, 7) is 6.99. The number of rotatable bonds is 7. The zero-order valence-corrected chi connectivity index (χ0v) is 10.7. The van der Waals surface area contributed by atoms with Gasteiger partial charge in [0.15, 0.2) is 0 Å². The molecule has 0 aliphatic heterocycles. The van der Waals surface area contributed by atoms with E-state index in [4.69, 9.17) is 9.84 Å². The number of amides is 1. The molecule has 16 heavy (non-hydrogen) atoms. The van der Waals surface area contributed by atoms with Crippen molar-refractivity contribution in [3.8, 4) is 0 Å². The quantitative estimate of drug-likeness (QED) is 0.573. The van der Waals surface area contributed by atoms with Crippen LogP contribution in [-0.2, 0) is 9.53 Å².